The van der Waals surface area contributed by atoms with E-state index in [2.05, 4.69) is 31.3 Å². The van der Waals surface area contributed by atoms with E-state index in [1.807, 2.05) is 12.1 Å². The molecule has 0 bridgehead atoms. The van der Waals surface area contributed by atoms with Crippen LogP contribution in [0.2, 0.25) is 0 Å². The van der Waals surface area contributed by atoms with Gasteiger partial charge in [0.1, 0.15) is 5.75 Å². The number of nitrogens with one attached hydrogen (secondary N) is 1. The van der Waals surface area contributed by atoms with Crippen molar-refractivity contribution < 1.29 is 4.74 Å². The lowest BCUT2D eigenvalue weighted by atomic mass is 9.86. The first-order valence-electron chi connectivity index (χ1n) is 8.21. The predicted molar refractivity (Wildman–Crippen MR) is 89.8 cm³/mol. The van der Waals surface area contributed by atoms with Crippen molar-refractivity contribution in [3.05, 3.63) is 24.3 Å². The van der Waals surface area contributed by atoms with Crippen molar-refractivity contribution in [3.8, 4) is 5.75 Å². The molecule has 2 rings (SSSR count). The summed E-state index contributed by atoms with van der Waals surface area (Å²) in [6, 6.07) is 8.16. The van der Waals surface area contributed by atoms with Crippen LogP contribution in [0.1, 0.15) is 46.0 Å². The van der Waals surface area contributed by atoms with Crippen molar-refractivity contribution in [1.82, 2.24) is 0 Å². The van der Waals surface area contributed by atoms with Gasteiger partial charge in [0.15, 0.2) is 0 Å². The molecule has 1 saturated carbocycles. The zero-order valence-electron chi connectivity index (χ0n) is 13.7. The second kappa shape index (κ2) is 7.17. The van der Waals surface area contributed by atoms with E-state index in [-0.39, 0.29) is 5.54 Å². The minimum absolute atomic E-state index is 0.0377. The predicted octanol–water partition coefficient (Wildman–Crippen LogP) is 4.04. The molecule has 2 atom stereocenters. The van der Waals surface area contributed by atoms with Crippen molar-refractivity contribution in [2.24, 2.45) is 17.6 Å². The van der Waals surface area contributed by atoms with Crippen molar-refractivity contribution in [3.63, 3.8) is 0 Å². The van der Waals surface area contributed by atoms with Gasteiger partial charge in [0.05, 0.1) is 7.11 Å². The van der Waals surface area contributed by atoms with Crippen molar-refractivity contribution in [2.75, 3.05) is 19.0 Å². The summed E-state index contributed by atoms with van der Waals surface area (Å²) in [6.07, 6.45) is 6.18. The fraction of sp³-hybridized carbons (Fsp3) is 0.667. The van der Waals surface area contributed by atoms with E-state index < -0.39 is 0 Å². The van der Waals surface area contributed by atoms with Gasteiger partial charge in [-0.1, -0.05) is 32.8 Å². The van der Waals surface area contributed by atoms with Gasteiger partial charge in [-0.25, -0.2) is 0 Å². The summed E-state index contributed by atoms with van der Waals surface area (Å²) < 4.78 is 5.31. The van der Waals surface area contributed by atoms with Crippen LogP contribution in [0, 0.1) is 11.8 Å². The van der Waals surface area contributed by atoms with Crippen molar-refractivity contribution in [2.45, 2.75) is 51.5 Å². The van der Waals surface area contributed by atoms with Crippen LogP contribution >= 0.6 is 0 Å². The fourth-order valence-corrected chi connectivity index (χ4v) is 3.49. The lowest BCUT2D eigenvalue weighted by Gasteiger charge is -2.34. The van der Waals surface area contributed by atoms with E-state index in [0.29, 0.717) is 6.54 Å². The van der Waals surface area contributed by atoms with Crippen LogP contribution in [-0.4, -0.2) is 19.2 Å². The van der Waals surface area contributed by atoms with Crippen LogP contribution in [0.3, 0.4) is 0 Å². The Morgan fingerprint density at radius 1 is 1.33 bits per heavy atom. The van der Waals surface area contributed by atoms with Crippen LogP contribution in [0.25, 0.3) is 0 Å². The van der Waals surface area contributed by atoms with Crippen LogP contribution in [0.5, 0.6) is 5.75 Å². The molecule has 1 fully saturated rings. The Kier molecular flexibility index (Phi) is 5.51. The number of hydrogen-bond donors (Lipinski definition) is 2. The van der Waals surface area contributed by atoms with Gasteiger partial charge in [-0.3, -0.25) is 0 Å². The molecule has 0 heterocycles. The highest BCUT2D eigenvalue weighted by molar-refractivity contribution is 5.50. The van der Waals surface area contributed by atoms with E-state index in [1.165, 1.54) is 19.3 Å². The molecule has 0 saturated heterocycles. The molecule has 3 nitrogen and oxygen atoms in total. The Balaban J connectivity index is 2.10. The normalized spacial score (nSPS) is 26.4. The van der Waals surface area contributed by atoms with E-state index in [1.54, 1.807) is 7.11 Å². The zero-order chi connectivity index (χ0) is 15.3. The minimum atomic E-state index is 0.0377. The first-order valence-corrected chi connectivity index (χ1v) is 8.21. The molecule has 0 radical (unpaired) electrons. The van der Waals surface area contributed by atoms with E-state index in [4.69, 9.17) is 10.5 Å². The molecule has 3 N–H and O–H groups in total. The number of anilines is 1. The van der Waals surface area contributed by atoms with Crippen LogP contribution in [-0.2, 0) is 0 Å². The Bertz CT molecular complexity index is 447. The monoisotopic (exact) mass is 290 g/mol. The maximum Gasteiger partial charge on any atom is 0.120 e. The molecule has 2 unspecified atom stereocenters. The summed E-state index contributed by atoms with van der Waals surface area (Å²) in [5, 5.41) is 3.71. The van der Waals surface area contributed by atoms with Gasteiger partial charge in [0, 0.05) is 23.8 Å². The molecule has 0 spiro atoms. The fourth-order valence-electron chi connectivity index (χ4n) is 3.49. The third-order valence-electron chi connectivity index (χ3n) is 5.04. The van der Waals surface area contributed by atoms with Crippen LogP contribution in [0.15, 0.2) is 24.3 Å². The molecule has 0 amide bonds. The molecule has 1 aliphatic rings. The quantitative estimate of drug-likeness (QED) is 0.805. The molecule has 21 heavy (non-hydrogen) atoms. The molecule has 1 aromatic rings. The van der Waals surface area contributed by atoms with E-state index >= 15 is 0 Å². The topological polar surface area (TPSA) is 47.3 Å². The molecule has 0 aliphatic heterocycles. The Hall–Kier alpha value is -1.22. The second-order valence-electron chi connectivity index (χ2n) is 6.78. The molecule has 1 aromatic carbocycles. The minimum Gasteiger partial charge on any atom is -0.497 e. The van der Waals surface area contributed by atoms with Crippen molar-refractivity contribution in [1.29, 1.82) is 0 Å². The van der Waals surface area contributed by atoms with E-state index in [9.17, 15) is 0 Å². The number of ether oxygens (including phenoxy) is 1. The second-order valence-corrected chi connectivity index (χ2v) is 6.78. The summed E-state index contributed by atoms with van der Waals surface area (Å²) in [4.78, 5) is 0. The summed E-state index contributed by atoms with van der Waals surface area (Å²) in [7, 11) is 1.71. The third kappa shape index (κ3) is 4.13. The Morgan fingerprint density at radius 2 is 2.14 bits per heavy atom. The lowest BCUT2D eigenvalue weighted by molar-refractivity contribution is 0.332. The first kappa shape index (κ1) is 16.2. The average molecular weight is 290 g/mol. The first-order chi connectivity index (χ1) is 10.1. The summed E-state index contributed by atoms with van der Waals surface area (Å²) >= 11 is 0. The summed E-state index contributed by atoms with van der Waals surface area (Å²) in [5.41, 5.74) is 7.31. The summed E-state index contributed by atoms with van der Waals surface area (Å²) in [5.74, 6) is 2.50. The maximum atomic E-state index is 6.15. The van der Waals surface area contributed by atoms with E-state index in [0.717, 1.165) is 36.1 Å². The third-order valence-corrected chi connectivity index (χ3v) is 5.04. The number of hydrogen-bond acceptors (Lipinski definition) is 3. The molecule has 3 heteroatoms. The highest BCUT2D eigenvalue weighted by Gasteiger charge is 2.32. The highest BCUT2D eigenvalue weighted by Crippen LogP contribution is 2.36. The SMILES string of the molecule is COc1cccc(NC2(CN)CCCC(C(C)C)CC2)c1. The number of benzene rings is 1. The number of rotatable bonds is 5. The smallest absolute Gasteiger partial charge is 0.120 e. The van der Waals surface area contributed by atoms with Crippen LogP contribution in [0.4, 0.5) is 5.69 Å². The Labute approximate surface area is 129 Å². The summed E-state index contributed by atoms with van der Waals surface area (Å²) in [6.45, 7) is 5.38. The average Bonchev–Trinajstić information content (AvgIpc) is 2.71. The molecule has 1 aliphatic carbocycles. The van der Waals surface area contributed by atoms with Gasteiger partial charge < -0.3 is 15.8 Å². The lowest BCUT2D eigenvalue weighted by Crippen LogP contribution is -2.45. The van der Waals surface area contributed by atoms with Gasteiger partial charge in [0.2, 0.25) is 0 Å². The molecule has 118 valence electrons. The van der Waals surface area contributed by atoms with Crippen LogP contribution < -0.4 is 15.8 Å². The largest absolute Gasteiger partial charge is 0.497 e. The van der Waals surface area contributed by atoms with Gasteiger partial charge in [-0.2, -0.15) is 0 Å². The standard InChI is InChI=1S/C18H30N2O/c1-14(2)15-6-5-10-18(13-19,11-9-15)20-16-7-4-8-17(12-16)21-3/h4,7-8,12,14-15,20H,5-6,9-11,13,19H2,1-3H3. The van der Waals surface area contributed by atoms with Gasteiger partial charge >= 0.3 is 0 Å². The highest BCUT2D eigenvalue weighted by atomic mass is 16.5. The van der Waals surface area contributed by atoms with Gasteiger partial charge in [0.25, 0.3) is 0 Å². The van der Waals surface area contributed by atoms with Gasteiger partial charge in [-0.05, 0) is 43.2 Å². The maximum absolute atomic E-state index is 6.15. The number of methoxy groups -OCH3 is 1. The molecule has 0 aromatic heterocycles. The number of nitrogens with two attached hydrogens (primary N) is 1. The molecular formula is C18H30N2O. The Morgan fingerprint density at radius 3 is 2.81 bits per heavy atom. The zero-order valence-corrected chi connectivity index (χ0v) is 13.7. The van der Waals surface area contributed by atoms with Crippen molar-refractivity contribution >= 4 is 5.69 Å². The molecular weight excluding hydrogens is 260 g/mol. The van der Waals surface area contributed by atoms with Gasteiger partial charge in [-0.15, -0.1) is 0 Å².